The highest BCUT2D eigenvalue weighted by Gasteiger charge is 2.17. The summed E-state index contributed by atoms with van der Waals surface area (Å²) in [5.41, 5.74) is 6.32. The third-order valence-corrected chi connectivity index (χ3v) is 4.36. The first-order valence-corrected chi connectivity index (χ1v) is 6.77. The number of thioether (sulfide) groups is 1. The fourth-order valence-electron chi connectivity index (χ4n) is 1.42. The number of halogens is 1. The fraction of sp³-hybridized carbons (Fsp3) is 0.273. The molecule has 1 atom stereocenters. The van der Waals surface area contributed by atoms with Gasteiger partial charge in [-0.3, -0.25) is 0 Å². The van der Waals surface area contributed by atoms with E-state index in [0.717, 1.165) is 10.2 Å². The number of hydrogen-bond donors (Lipinski definition) is 1. The highest BCUT2D eigenvalue weighted by Crippen LogP contribution is 2.36. The average molecular weight is 269 g/mol. The normalized spacial score (nSPS) is 12.6. The third-order valence-electron chi connectivity index (χ3n) is 2.22. The van der Waals surface area contributed by atoms with E-state index in [0.29, 0.717) is 12.1 Å². The molecule has 6 heteroatoms. The Labute approximate surface area is 107 Å². The van der Waals surface area contributed by atoms with E-state index in [4.69, 9.17) is 5.73 Å². The van der Waals surface area contributed by atoms with Gasteiger partial charge in [-0.15, -0.1) is 0 Å². The molecule has 3 nitrogen and oxygen atoms in total. The second-order valence-corrected chi connectivity index (χ2v) is 5.67. The number of rotatable bonds is 4. The van der Waals surface area contributed by atoms with Crippen molar-refractivity contribution < 1.29 is 4.39 Å². The summed E-state index contributed by atoms with van der Waals surface area (Å²) in [5.74, 6) is 0.512. The second-order valence-electron chi connectivity index (χ2n) is 3.47. The van der Waals surface area contributed by atoms with Crippen molar-refractivity contribution in [3.8, 4) is 0 Å². The molecular weight excluding hydrogens is 257 g/mol. The molecule has 0 saturated carbocycles. The zero-order valence-electron chi connectivity index (χ0n) is 9.26. The number of aromatic nitrogens is 2. The molecule has 1 aromatic carbocycles. The Morgan fingerprint density at radius 1 is 1.47 bits per heavy atom. The van der Waals surface area contributed by atoms with Crippen LogP contribution in [0.15, 0.2) is 28.6 Å². The Hall–Kier alpha value is -0.980. The predicted molar refractivity (Wildman–Crippen MR) is 68.7 cm³/mol. The molecule has 0 fully saturated rings. The van der Waals surface area contributed by atoms with Gasteiger partial charge in [-0.1, -0.05) is 30.0 Å². The van der Waals surface area contributed by atoms with Gasteiger partial charge in [0.25, 0.3) is 0 Å². The lowest BCUT2D eigenvalue weighted by Gasteiger charge is -2.13. The summed E-state index contributed by atoms with van der Waals surface area (Å²) in [6.45, 7) is 2.20. The third kappa shape index (κ3) is 3.02. The highest BCUT2D eigenvalue weighted by atomic mass is 32.2. The van der Waals surface area contributed by atoms with Gasteiger partial charge in [0.2, 0.25) is 0 Å². The summed E-state index contributed by atoms with van der Waals surface area (Å²) >= 11 is 2.77. The largest absolute Gasteiger partial charge is 0.329 e. The number of nitrogens with two attached hydrogens (primary N) is 1. The SMILES string of the molecule is Cc1nsc(SC(CN)c2ccccc2F)n1. The van der Waals surface area contributed by atoms with E-state index < -0.39 is 0 Å². The lowest BCUT2D eigenvalue weighted by Crippen LogP contribution is -2.10. The number of nitrogens with zero attached hydrogens (tertiary/aromatic N) is 2. The van der Waals surface area contributed by atoms with Crippen molar-refractivity contribution >= 4 is 23.3 Å². The van der Waals surface area contributed by atoms with E-state index in [1.54, 1.807) is 12.1 Å². The first kappa shape index (κ1) is 12.5. The molecule has 1 unspecified atom stereocenters. The van der Waals surface area contributed by atoms with Gasteiger partial charge in [0.15, 0.2) is 4.34 Å². The number of hydrogen-bond acceptors (Lipinski definition) is 5. The molecule has 2 rings (SSSR count). The molecule has 0 bridgehead atoms. The first-order chi connectivity index (χ1) is 8.20. The predicted octanol–water partition coefficient (Wildman–Crippen LogP) is 2.78. The van der Waals surface area contributed by atoms with Crippen LogP contribution in [-0.4, -0.2) is 15.9 Å². The van der Waals surface area contributed by atoms with E-state index in [2.05, 4.69) is 9.36 Å². The van der Waals surface area contributed by atoms with Crippen LogP contribution in [0.25, 0.3) is 0 Å². The van der Waals surface area contributed by atoms with Crippen LogP contribution >= 0.6 is 23.3 Å². The lowest BCUT2D eigenvalue weighted by molar-refractivity contribution is 0.608. The molecule has 90 valence electrons. The van der Waals surface area contributed by atoms with Crippen LogP contribution in [0.2, 0.25) is 0 Å². The molecule has 17 heavy (non-hydrogen) atoms. The maximum Gasteiger partial charge on any atom is 0.170 e. The van der Waals surface area contributed by atoms with E-state index in [1.807, 2.05) is 13.0 Å². The molecule has 2 aromatic rings. The molecule has 0 aliphatic heterocycles. The smallest absolute Gasteiger partial charge is 0.170 e. The van der Waals surface area contributed by atoms with Crippen LogP contribution in [0.5, 0.6) is 0 Å². The molecule has 0 aliphatic carbocycles. The molecule has 0 spiro atoms. The number of aryl methyl sites for hydroxylation is 1. The Morgan fingerprint density at radius 2 is 2.24 bits per heavy atom. The van der Waals surface area contributed by atoms with Crippen molar-refractivity contribution in [3.63, 3.8) is 0 Å². The summed E-state index contributed by atoms with van der Waals surface area (Å²) < 4.78 is 18.5. The Morgan fingerprint density at radius 3 is 2.82 bits per heavy atom. The van der Waals surface area contributed by atoms with Gasteiger partial charge < -0.3 is 5.73 Å². The maximum atomic E-state index is 13.6. The molecule has 1 aromatic heterocycles. The van der Waals surface area contributed by atoms with Crippen molar-refractivity contribution in [2.45, 2.75) is 16.5 Å². The zero-order chi connectivity index (χ0) is 12.3. The van der Waals surface area contributed by atoms with E-state index in [9.17, 15) is 4.39 Å². The van der Waals surface area contributed by atoms with Crippen LogP contribution < -0.4 is 5.73 Å². The minimum absolute atomic E-state index is 0.122. The Bertz CT molecular complexity index is 501. The lowest BCUT2D eigenvalue weighted by atomic mass is 10.1. The van der Waals surface area contributed by atoms with Crippen molar-refractivity contribution in [2.24, 2.45) is 5.73 Å². The second kappa shape index (κ2) is 5.57. The summed E-state index contributed by atoms with van der Waals surface area (Å²) in [4.78, 5) is 4.25. The van der Waals surface area contributed by atoms with Crippen LogP contribution in [0.4, 0.5) is 4.39 Å². The van der Waals surface area contributed by atoms with Crippen LogP contribution in [-0.2, 0) is 0 Å². The van der Waals surface area contributed by atoms with Crippen LogP contribution in [0.1, 0.15) is 16.6 Å². The summed E-state index contributed by atoms with van der Waals surface area (Å²) in [6.07, 6.45) is 0. The van der Waals surface area contributed by atoms with E-state index in [-0.39, 0.29) is 11.1 Å². The maximum absolute atomic E-state index is 13.6. The molecular formula is C11H12FN3S2. The average Bonchev–Trinajstić information content (AvgIpc) is 2.73. The van der Waals surface area contributed by atoms with Crippen molar-refractivity contribution in [3.05, 3.63) is 41.5 Å². The van der Waals surface area contributed by atoms with Crippen molar-refractivity contribution in [1.29, 1.82) is 0 Å². The molecule has 0 radical (unpaired) electrons. The van der Waals surface area contributed by atoms with Gasteiger partial charge >= 0.3 is 0 Å². The molecule has 0 aliphatic rings. The Kier molecular flexibility index (Phi) is 4.09. The van der Waals surface area contributed by atoms with E-state index >= 15 is 0 Å². The minimum atomic E-state index is -0.225. The molecule has 1 heterocycles. The van der Waals surface area contributed by atoms with Gasteiger partial charge in [0.05, 0.1) is 5.25 Å². The molecule has 0 amide bonds. The first-order valence-electron chi connectivity index (χ1n) is 5.12. The summed E-state index contributed by atoms with van der Waals surface area (Å²) in [5, 5.41) is -0.122. The van der Waals surface area contributed by atoms with Gasteiger partial charge in [0.1, 0.15) is 11.6 Å². The zero-order valence-corrected chi connectivity index (χ0v) is 10.9. The van der Waals surface area contributed by atoms with Crippen LogP contribution in [0, 0.1) is 12.7 Å². The monoisotopic (exact) mass is 269 g/mol. The minimum Gasteiger partial charge on any atom is -0.329 e. The van der Waals surface area contributed by atoms with Crippen molar-refractivity contribution in [2.75, 3.05) is 6.54 Å². The van der Waals surface area contributed by atoms with Gasteiger partial charge in [-0.2, -0.15) is 4.37 Å². The molecule has 0 saturated heterocycles. The van der Waals surface area contributed by atoms with Gasteiger partial charge in [-0.05, 0) is 24.5 Å². The molecule has 2 N–H and O–H groups in total. The topological polar surface area (TPSA) is 51.8 Å². The van der Waals surface area contributed by atoms with Crippen molar-refractivity contribution in [1.82, 2.24) is 9.36 Å². The van der Waals surface area contributed by atoms with E-state index in [1.165, 1.54) is 29.4 Å². The fourth-order valence-corrected chi connectivity index (χ4v) is 3.32. The van der Waals surface area contributed by atoms with Gasteiger partial charge in [0, 0.05) is 12.1 Å². The number of benzene rings is 1. The quantitative estimate of drug-likeness (QED) is 0.867. The Balaban J connectivity index is 2.20. The highest BCUT2D eigenvalue weighted by molar-refractivity contribution is 8.01. The summed E-state index contributed by atoms with van der Waals surface area (Å²) in [6, 6.07) is 6.69. The summed E-state index contributed by atoms with van der Waals surface area (Å²) in [7, 11) is 0. The van der Waals surface area contributed by atoms with Crippen LogP contribution in [0.3, 0.4) is 0 Å². The standard InChI is InChI=1S/C11H12FN3S2/c1-7-14-11(17-15-7)16-10(6-13)8-4-2-3-5-9(8)12/h2-5,10H,6,13H2,1H3. The van der Waals surface area contributed by atoms with Gasteiger partial charge in [-0.25, -0.2) is 9.37 Å².